The monoisotopic (exact) mass is 391 g/mol. The zero-order valence-corrected chi connectivity index (χ0v) is 12.8. The van der Waals surface area contributed by atoms with Crippen LogP contribution in [0.15, 0.2) is 6.20 Å². The van der Waals surface area contributed by atoms with Crippen LogP contribution in [0.5, 0.6) is 0 Å². The summed E-state index contributed by atoms with van der Waals surface area (Å²) in [6.45, 7) is 1.49. The second-order valence-corrected chi connectivity index (χ2v) is 5.95. The van der Waals surface area contributed by atoms with E-state index in [0.717, 1.165) is 14.7 Å². The van der Waals surface area contributed by atoms with E-state index in [9.17, 15) is 10.2 Å². The molecule has 1 saturated heterocycles. The maximum absolute atomic E-state index is 10.0. The van der Waals surface area contributed by atoms with E-state index >= 15 is 0 Å². The SMILES string of the molecule is Cc1nc([C@@H]2O[C@H](CO)[C@@H](O)[C@H]2O)nc2[nH]cc(I)c12. The van der Waals surface area contributed by atoms with Crippen molar-refractivity contribution in [2.24, 2.45) is 0 Å². The lowest BCUT2D eigenvalue weighted by Crippen LogP contribution is -2.32. The molecular weight excluding hydrogens is 377 g/mol. The van der Waals surface area contributed by atoms with Gasteiger partial charge >= 0.3 is 0 Å². The third kappa shape index (κ3) is 2.11. The number of halogens is 1. The first-order valence-corrected chi connectivity index (χ1v) is 7.24. The number of nitrogens with one attached hydrogen (secondary N) is 1. The van der Waals surface area contributed by atoms with Crippen molar-refractivity contribution >= 4 is 33.6 Å². The van der Waals surface area contributed by atoms with Crippen molar-refractivity contribution in [3.05, 3.63) is 21.3 Å². The molecule has 0 unspecified atom stereocenters. The minimum Gasteiger partial charge on any atom is -0.394 e. The summed E-state index contributed by atoms with van der Waals surface area (Å²) >= 11 is 2.19. The highest BCUT2D eigenvalue weighted by atomic mass is 127. The third-order valence-corrected chi connectivity index (χ3v) is 4.33. The van der Waals surface area contributed by atoms with Gasteiger partial charge in [-0.1, -0.05) is 0 Å². The van der Waals surface area contributed by atoms with Gasteiger partial charge in [-0.3, -0.25) is 0 Å². The Balaban J connectivity index is 2.03. The first kappa shape index (κ1) is 14.1. The molecule has 3 rings (SSSR count). The number of aliphatic hydroxyl groups is 3. The minimum absolute atomic E-state index is 0.302. The van der Waals surface area contributed by atoms with Crippen LogP contribution in [0.4, 0.5) is 0 Å². The molecule has 4 atom stereocenters. The number of aliphatic hydroxyl groups excluding tert-OH is 3. The zero-order valence-electron chi connectivity index (χ0n) is 10.6. The van der Waals surface area contributed by atoms with E-state index in [4.69, 9.17) is 9.84 Å². The van der Waals surface area contributed by atoms with Crippen LogP contribution >= 0.6 is 22.6 Å². The van der Waals surface area contributed by atoms with Gasteiger partial charge in [0.25, 0.3) is 0 Å². The van der Waals surface area contributed by atoms with Crippen LogP contribution in [0.1, 0.15) is 17.6 Å². The summed E-state index contributed by atoms with van der Waals surface area (Å²) in [5, 5.41) is 29.8. The van der Waals surface area contributed by atoms with Crippen molar-refractivity contribution in [1.82, 2.24) is 15.0 Å². The van der Waals surface area contributed by atoms with Gasteiger partial charge in [0.05, 0.1) is 17.7 Å². The molecule has 0 spiro atoms. The highest BCUT2D eigenvalue weighted by Crippen LogP contribution is 2.33. The quantitative estimate of drug-likeness (QED) is 0.538. The number of hydrogen-bond donors (Lipinski definition) is 4. The highest BCUT2D eigenvalue weighted by molar-refractivity contribution is 14.1. The van der Waals surface area contributed by atoms with Crippen LogP contribution < -0.4 is 0 Å². The van der Waals surface area contributed by atoms with Crippen LogP contribution in [0, 0.1) is 10.5 Å². The van der Waals surface area contributed by atoms with Crippen molar-refractivity contribution in [2.75, 3.05) is 6.61 Å². The molecular formula is C12H14IN3O4. The van der Waals surface area contributed by atoms with Gasteiger partial charge in [-0.25, -0.2) is 9.97 Å². The predicted molar refractivity (Wildman–Crippen MR) is 78.1 cm³/mol. The van der Waals surface area contributed by atoms with Crippen molar-refractivity contribution in [3.8, 4) is 0 Å². The number of ether oxygens (including phenoxy) is 1. The van der Waals surface area contributed by atoms with E-state index in [1.165, 1.54) is 0 Å². The Morgan fingerprint density at radius 1 is 1.35 bits per heavy atom. The molecule has 0 aliphatic carbocycles. The Morgan fingerprint density at radius 3 is 2.75 bits per heavy atom. The lowest BCUT2D eigenvalue weighted by Gasteiger charge is -2.13. The summed E-state index contributed by atoms with van der Waals surface area (Å²) < 4.78 is 6.46. The summed E-state index contributed by atoms with van der Waals surface area (Å²) in [7, 11) is 0. The topological polar surface area (TPSA) is 111 Å². The summed E-state index contributed by atoms with van der Waals surface area (Å²) in [6, 6.07) is 0. The molecule has 7 nitrogen and oxygen atoms in total. The highest BCUT2D eigenvalue weighted by Gasteiger charge is 2.44. The summed E-state index contributed by atoms with van der Waals surface area (Å²) in [4.78, 5) is 11.7. The molecule has 4 N–H and O–H groups in total. The molecule has 3 heterocycles. The lowest BCUT2D eigenvalue weighted by atomic mass is 10.1. The van der Waals surface area contributed by atoms with E-state index in [-0.39, 0.29) is 6.61 Å². The van der Waals surface area contributed by atoms with Crippen LogP contribution in [0.3, 0.4) is 0 Å². The molecule has 0 bridgehead atoms. The molecule has 108 valence electrons. The number of H-pyrrole nitrogens is 1. The molecule has 1 fully saturated rings. The molecule has 0 aromatic carbocycles. The van der Waals surface area contributed by atoms with E-state index in [1.54, 1.807) is 0 Å². The van der Waals surface area contributed by atoms with E-state index in [0.29, 0.717) is 11.5 Å². The minimum atomic E-state index is -1.15. The zero-order chi connectivity index (χ0) is 14.4. The average Bonchev–Trinajstić information content (AvgIpc) is 2.93. The smallest absolute Gasteiger partial charge is 0.162 e. The fourth-order valence-corrected chi connectivity index (χ4v) is 3.23. The van der Waals surface area contributed by atoms with Crippen LogP contribution in [0.2, 0.25) is 0 Å². The molecule has 0 saturated carbocycles. The predicted octanol–water partition coefficient (Wildman–Crippen LogP) is 0.0249. The van der Waals surface area contributed by atoms with Crippen molar-refractivity contribution in [2.45, 2.75) is 31.3 Å². The number of hydrogen-bond acceptors (Lipinski definition) is 6. The first-order valence-electron chi connectivity index (χ1n) is 6.16. The normalized spacial score (nSPS) is 30.2. The fourth-order valence-electron chi connectivity index (χ4n) is 2.43. The second kappa shape index (κ2) is 5.19. The van der Waals surface area contributed by atoms with Gasteiger partial charge in [0.15, 0.2) is 5.82 Å². The van der Waals surface area contributed by atoms with E-state index in [2.05, 4.69) is 37.5 Å². The molecule has 1 aliphatic rings. The van der Waals surface area contributed by atoms with Crippen LogP contribution in [0.25, 0.3) is 11.0 Å². The van der Waals surface area contributed by atoms with E-state index < -0.39 is 24.4 Å². The lowest BCUT2D eigenvalue weighted by molar-refractivity contribution is -0.0252. The maximum Gasteiger partial charge on any atom is 0.162 e. The van der Waals surface area contributed by atoms with Gasteiger partial charge in [0.2, 0.25) is 0 Å². The van der Waals surface area contributed by atoms with Crippen LogP contribution in [-0.2, 0) is 4.74 Å². The second-order valence-electron chi connectivity index (χ2n) is 4.79. The molecule has 2 aromatic rings. The summed E-state index contributed by atoms with van der Waals surface area (Å²) in [5.74, 6) is 0.302. The Kier molecular flexibility index (Phi) is 3.67. The Morgan fingerprint density at radius 2 is 2.10 bits per heavy atom. The van der Waals surface area contributed by atoms with E-state index in [1.807, 2.05) is 13.1 Å². The van der Waals surface area contributed by atoms with Gasteiger partial charge in [-0.15, -0.1) is 0 Å². The van der Waals surface area contributed by atoms with Crippen molar-refractivity contribution < 1.29 is 20.1 Å². The molecule has 0 radical (unpaired) electrons. The molecule has 2 aromatic heterocycles. The summed E-state index contributed by atoms with van der Waals surface area (Å²) in [5.41, 5.74) is 1.43. The van der Waals surface area contributed by atoms with Crippen molar-refractivity contribution in [1.29, 1.82) is 0 Å². The number of aromatic nitrogens is 3. The van der Waals surface area contributed by atoms with Crippen LogP contribution in [-0.4, -0.2) is 55.2 Å². The average molecular weight is 391 g/mol. The number of aryl methyl sites for hydroxylation is 1. The Labute approximate surface area is 128 Å². The number of rotatable bonds is 2. The largest absolute Gasteiger partial charge is 0.394 e. The van der Waals surface area contributed by atoms with Crippen molar-refractivity contribution in [3.63, 3.8) is 0 Å². The standard InChI is InChI=1S/C12H14IN3O4/c1-4-7-5(13)2-14-11(7)16-12(15-4)10-9(19)8(18)6(3-17)20-10/h2,6,8-10,17-19H,3H2,1H3,(H,14,15,16)/t6-,8-,9-,10-/m1/s1. The first-order chi connectivity index (χ1) is 9.52. The van der Waals surface area contributed by atoms with Gasteiger partial charge < -0.3 is 25.0 Å². The van der Waals surface area contributed by atoms with Gasteiger partial charge in [-0.05, 0) is 29.5 Å². The fraction of sp³-hybridized carbons (Fsp3) is 0.500. The third-order valence-electron chi connectivity index (χ3n) is 3.48. The summed E-state index contributed by atoms with van der Waals surface area (Å²) in [6.07, 6.45) is -2.13. The van der Waals surface area contributed by atoms with Gasteiger partial charge in [0, 0.05) is 9.77 Å². The van der Waals surface area contributed by atoms with Gasteiger partial charge in [-0.2, -0.15) is 0 Å². The Bertz CT molecular complexity index is 647. The Hall–Kier alpha value is -0.810. The number of nitrogens with zero attached hydrogens (tertiary/aromatic N) is 2. The number of aromatic amines is 1. The number of fused-ring (bicyclic) bond motifs is 1. The molecule has 1 aliphatic heterocycles. The molecule has 20 heavy (non-hydrogen) atoms. The van der Waals surface area contributed by atoms with Gasteiger partial charge in [0.1, 0.15) is 30.1 Å². The molecule has 8 heteroatoms. The molecule has 0 amide bonds. The maximum atomic E-state index is 10.0.